The number of hydrogen-bond acceptors (Lipinski definition) is 5. The molecular formula is C23H15ClF3N3O3. The molecule has 0 atom stereocenters. The van der Waals surface area contributed by atoms with E-state index in [9.17, 15) is 18.0 Å². The third-order valence-electron chi connectivity index (χ3n) is 4.48. The Morgan fingerprint density at radius 2 is 1.61 bits per heavy atom. The summed E-state index contributed by atoms with van der Waals surface area (Å²) in [5.41, 5.74) is -0.704. The summed E-state index contributed by atoms with van der Waals surface area (Å²) in [6, 6.07) is 18.2. The van der Waals surface area contributed by atoms with Crippen LogP contribution in [0.5, 0.6) is 17.2 Å². The van der Waals surface area contributed by atoms with Gasteiger partial charge >= 0.3 is 6.18 Å². The van der Waals surface area contributed by atoms with Gasteiger partial charge in [-0.1, -0.05) is 41.9 Å². The molecule has 0 N–H and O–H groups in total. The Labute approximate surface area is 190 Å². The maximum Gasteiger partial charge on any atom is 0.417 e. The molecule has 0 aliphatic rings. The fourth-order valence-electron chi connectivity index (χ4n) is 2.80. The highest BCUT2D eigenvalue weighted by Gasteiger charge is 2.30. The molecule has 2 aromatic carbocycles. The molecule has 0 aliphatic carbocycles. The van der Waals surface area contributed by atoms with E-state index in [0.29, 0.717) is 24.3 Å². The van der Waals surface area contributed by atoms with E-state index in [4.69, 9.17) is 21.1 Å². The minimum absolute atomic E-state index is 0.0113. The van der Waals surface area contributed by atoms with Crippen LogP contribution in [-0.2, 0) is 12.8 Å². The van der Waals surface area contributed by atoms with Crippen molar-refractivity contribution in [2.45, 2.75) is 12.8 Å². The molecule has 0 fully saturated rings. The molecule has 4 rings (SSSR count). The summed E-state index contributed by atoms with van der Waals surface area (Å²) in [7, 11) is 0. The summed E-state index contributed by atoms with van der Waals surface area (Å²) in [6.07, 6.45) is -2.74. The largest absolute Gasteiger partial charge is 0.489 e. The third kappa shape index (κ3) is 5.32. The van der Waals surface area contributed by atoms with Crippen molar-refractivity contribution in [3.8, 4) is 23.1 Å². The van der Waals surface area contributed by atoms with E-state index in [2.05, 4.69) is 10.1 Å². The van der Waals surface area contributed by atoms with Gasteiger partial charge in [-0.05, 0) is 42.0 Å². The monoisotopic (exact) mass is 473 g/mol. The quantitative estimate of drug-likeness (QED) is 0.361. The van der Waals surface area contributed by atoms with Gasteiger partial charge in [-0.15, -0.1) is 0 Å². The topological polar surface area (TPSA) is 66.2 Å². The number of aromatic nitrogens is 3. The summed E-state index contributed by atoms with van der Waals surface area (Å²) in [4.78, 5) is 16.2. The molecule has 2 heterocycles. The van der Waals surface area contributed by atoms with Crippen LogP contribution in [0, 0.1) is 0 Å². The van der Waals surface area contributed by atoms with Gasteiger partial charge in [0.2, 0.25) is 0 Å². The van der Waals surface area contributed by atoms with Gasteiger partial charge in [0.05, 0.1) is 11.8 Å². The first-order chi connectivity index (χ1) is 15.8. The maximum atomic E-state index is 12.7. The van der Waals surface area contributed by atoms with Gasteiger partial charge in [-0.25, -0.2) is 4.98 Å². The van der Waals surface area contributed by atoms with Crippen molar-refractivity contribution in [2.24, 2.45) is 0 Å². The molecule has 0 saturated carbocycles. The van der Waals surface area contributed by atoms with E-state index >= 15 is 0 Å². The molecule has 0 bridgehead atoms. The van der Waals surface area contributed by atoms with Crippen LogP contribution in [0.3, 0.4) is 0 Å². The maximum absolute atomic E-state index is 12.7. The Hall–Kier alpha value is -3.85. The average Bonchev–Trinajstić information content (AvgIpc) is 2.82. The van der Waals surface area contributed by atoms with E-state index in [1.807, 2.05) is 30.3 Å². The molecule has 168 valence electrons. The summed E-state index contributed by atoms with van der Waals surface area (Å²) < 4.78 is 50.2. The van der Waals surface area contributed by atoms with Crippen molar-refractivity contribution in [2.75, 3.05) is 0 Å². The second-order valence-electron chi connectivity index (χ2n) is 6.79. The van der Waals surface area contributed by atoms with Crippen LogP contribution in [-0.4, -0.2) is 14.8 Å². The number of halogens is 4. The van der Waals surface area contributed by atoms with Crippen LogP contribution in [0.4, 0.5) is 13.2 Å². The van der Waals surface area contributed by atoms with E-state index < -0.39 is 17.3 Å². The number of pyridine rings is 1. The van der Waals surface area contributed by atoms with E-state index in [1.165, 1.54) is 6.20 Å². The first-order valence-corrected chi connectivity index (χ1v) is 9.95. The van der Waals surface area contributed by atoms with Crippen molar-refractivity contribution >= 4 is 11.6 Å². The molecule has 10 heteroatoms. The van der Waals surface area contributed by atoms with Crippen molar-refractivity contribution in [1.29, 1.82) is 0 Å². The van der Waals surface area contributed by atoms with Crippen LogP contribution < -0.4 is 15.0 Å². The van der Waals surface area contributed by atoms with Gasteiger partial charge in [0.15, 0.2) is 16.6 Å². The van der Waals surface area contributed by atoms with Crippen molar-refractivity contribution in [3.05, 3.63) is 106 Å². The predicted molar refractivity (Wildman–Crippen MR) is 115 cm³/mol. The van der Waals surface area contributed by atoms with Crippen molar-refractivity contribution in [3.63, 3.8) is 0 Å². The van der Waals surface area contributed by atoms with Crippen LogP contribution in [0.1, 0.15) is 11.1 Å². The van der Waals surface area contributed by atoms with Crippen LogP contribution in [0.2, 0.25) is 5.02 Å². The summed E-state index contributed by atoms with van der Waals surface area (Å²) in [5, 5.41) is 3.61. The average molecular weight is 474 g/mol. The summed E-state index contributed by atoms with van der Waals surface area (Å²) in [5.74, 6) is 0.888. The normalized spacial score (nSPS) is 11.3. The first kappa shape index (κ1) is 22.3. The Morgan fingerprint density at radius 1 is 0.909 bits per heavy atom. The van der Waals surface area contributed by atoms with Gasteiger partial charge in [-0.2, -0.15) is 23.0 Å². The lowest BCUT2D eigenvalue weighted by Crippen LogP contribution is -2.22. The Bertz CT molecular complexity index is 1290. The second-order valence-corrected chi connectivity index (χ2v) is 7.17. The molecule has 0 aliphatic heterocycles. The minimum atomic E-state index is -4.54. The zero-order valence-electron chi connectivity index (χ0n) is 16.8. The van der Waals surface area contributed by atoms with Gasteiger partial charge in [0.1, 0.15) is 18.1 Å². The van der Waals surface area contributed by atoms with Gasteiger partial charge in [0, 0.05) is 6.20 Å². The molecule has 33 heavy (non-hydrogen) atoms. The zero-order chi connectivity index (χ0) is 23.4. The Morgan fingerprint density at radius 3 is 2.24 bits per heavy atom. The lowest BCUT2D eigenvalue weighted by Gasteiger charge is -2.11. The molecule has 0 amide bonds. The van der Waals surface area contributed by atoms with E-state index in [-0.39, 0.29) is 16.6 Å². The highest BCUT2D eigenvalue weighted by atomic mass is 35.5. The lowest BCUT2D eigenvalue weighted by molar-refractivity contribution is -0.137. The molecule has 0 spiro atoms. The summed E-state index contributed by atoms with van der Waals surface area (Å²) >= 11 is 6.12. The van der Waals surface area contributed by atoms with Crippen molar-refractivity contribution in [1.82, 2.24) is 14.8 Å². The minimum Gasteiger partial charge on any atom is -0.489 e. The molecular weight excluding hydrogens is 459 g/mol. The number of nitrogens with zero attached hydrogens (tertiary/aromatic N) is 3. The Balaban J connectivity index is 1.47. The molecule has 0 unspecified atom stereocenters. The number of ether oxygens (including phenoxy) is 2. The standard InChI is InChI=1S/C23H15ClF3N3O3/c24-21-19(13-29-30(22(21)31)20-11-6-16(12-28-20)23(25,26)27)33-18-9-7-17(8-10-18)32-14-15-4-2-1-3-5-15/h1-13H,14H2. The SMILES string of the molecule is O=c1c(Cl)c(Oc2ccc(OCc3ccccc3)cc2)cnn1-c1ccc(C(F)(F)F)cn1. The lowest BCUT2D eigenvalue weighted by atomic mass is 10.2. The zero-order valence-corrected chi connectivity index (χ0v) is 17.5. The predicted octanol–water partition coefficient (Wildman–Crippen LogP) is 5.67. The highest BCUT2D eigenvalue weighted by Crippen LogP contribution is 2.30. The smallest absolute Gasteiger partial charge is 0.417 e. The molecule has 0 saturated heterocycles. The van der Waals surface area contributed by atoms with Crippen LogP contribution in [0.15, 0.2) is 83.9 Å². The van der Waals surface area contributed by atoms with Crippen LogP contribution >= 0.6 is 11.6 Å². The highest BCUT2D eigenvalue weighted by molar-refractivity contribution is 6.31. The van der Waals surface area contributed by atoms with Gasteiger partial charge < -0.3 is 9.47 Å². The number of benzene rings is 2. The Kier molecular flexibility index (Phi) is 6.32. The number of alkyl halides is 3. The van der Waals surface area contributed by atoms with E-state index in [0.717, 1.165) is 22.4 Å². The number of hydrogen-bond donors (Lipinski definition) is 0. The van der Waals surface area contributed by atoms with E-state index in [1.54, 1.807) is 24.3 Å². The fraction of sp³-hybridized carbons (Fsp3) is 0.0870. The molecule has 4 aromatic rings. The molecule has 2 aromatic heterocycles. The third-order valence-corrected chi connectivity index (χ3v) is 4.83. The van der Waals surface area contributed by atoms with Crippen LogP contribution in [0.25, 0.3) is 5.82 Å². The second kappa shape index (κ2) is 9.33. The fourth-order valence-corrected chi connectivity index (χ4v) is 2.97. The van der Waals surface area contributed by atoms with Gasteiger partial charge in [0.25, 0.3) is 5.56 Å². The van der Waals surface area contributed by atoms with Crippen molar-refractivity contribution < 1.29 is 22.6 Å². The molecule has 0 radical (unpaired) electrons. The number of rotatable bonds is 6. The molecule has 6 nitrogen and oxygen atoms in total. The van der Waals surface area contributed by atoms with Gasteiger partial charge in [-0.3, -0.25) is 4.79 Å². The summed E-state index contributed by atoms with van der Waals surface area (Å²) in [6.45, 7) is 0.410. The first-order valence-electron chi connectivity index (χ1n) is 9.57.